The highest BCUT2D eigenvalue weighted by Crippen LogP contribution is 2.30. The second-order valence-electron chi connectivity index (χ2n) is 7.38. The van der Waals surface area contributed by atoms with E-state index in [9.17, 15) is 9.59 Å². The van der Waals surface area contributed by atoms with E-state index in [0.717, 1.165) is 39.8 Å². The lowest BCUT2D eigenvalue weighted by Crippen LogP contribution is -2.25. The molecule has 0 saturated carbocycles. The summed E-state index contributed by atoms with van der Waals surface area (Å²) < 4.78 is 5.83. The van der Waals surface area contributed by atoms with Crippen molar-refractivity contribution in [3.63, 3.8) is 0 Å². The van der Waals surface area contributed by atoms with Crippen LogP contribution in [0.1, 0.15) is 23.7 Å². The van der Waals surface area contributed by atoms with Gasteiger partial charge in [0.05, 0.1) is 5.52 Å². The Morgan fingerprint density at radius 2 is 1.97 bits per heavy atom. The fraction of sp³-hybridized carbons (Fsp3) is 0.261. The minimum absolute atomic E-state index is 0.0315. The van der Waals surface area contributed by atoms with E-state index >= 15 is 0 Å². The number of nitrogens with one attached hydrogen (secondary N) is 1. The maximum Gasteiger partial charge on any atom is 0.262 e. The highest BCUT2D eigenvalue weighted by Gasteiger charge is 2.22. The molecule has 0 unspecified atom stereocenters. The Morgan fingerprint density at radius 1 is 1.14 bits per heavy atom. The number of pyridine rings is 1. The van der Waals surface area contributed by atoms with Crippen LogP contribution in [0.3, 0.4) is 0 Å². The van der Waals surface area contributed by atoms with Gasteiger partial charge in [-0.2, -0.15) is 0 Å². The molecule has 6 heteroatoms. The van der Waals surface area contributed by atoms with Crippen LogP contribution in [0, 0.1) is 13.8 Å². The average molecular weight is 389 g/mol. The Morgan fingerprint density at radius 3 is 2.76 bits per heavy atom. The van der Waals surface area contributed by atoms with E-state index in [1.165, 1.54) is 0 Å². The van der Waals surface area contributed by atoms with Crippen molar-refractivity contribution in [2.75, 3.05) is 23.4 Å². The zero-order valence-corrected chi connectivity index (χ0v) is 16.8. The van der Waals surface area contributed by atoms with Gasteiger partial charge >= 0.3 is 0 Å². The molecular weight excluding hydrogens is 366 g/mol. The van der Waals surface area contributed by atoms with Crippen LogP contribution in [0.25, 0.3) is 10.9 Å². The van der Waals surface area contributed by atoms with Crippen LogP contribution >= 0.6 is 0 Å². The van der Waals surface area contributed by atoms with Gasteiger partial charge in [-0.05, 0) is 56.2 Å². The number of nitrogens with zero attached hydrogens (tertiary/aromatic N) is 2. The topological polar surface area (TPSA) is 71.5 Å². The van der Waals surface area contributed by atoms with Crippen molar-refractivity contribution in [2.24, 2.45) is 0 Å². The van der Waals surface area contributed by atoms with Gasteiger partial charge in [0.1, 0.15) is 5.75 Å². The number of hydrogen-bond acceptors (Lipinski definition) is 4. The molecule has 2 heterocycles. The van der Waals surface area contributed by atoms with Crippen LogP contribution in [0.5, 0.6) is 5.75 Å². The van der Waals surface area contributed by atoms with Crippen molar-refractivity contribution in [3.8, 4) is 5.75 Å². The summed E-state index contributed by atoms with van der Waals surface area (Å²) in [6.07, 6.45) is 0.788. The molecule has 148 valence electrons. The summed E-state index contributed by atoms with van der Waals surface area (Å²) in [6.45, 7) is 6.06. The van der Waals surface area contributed by atoms with Crippen molar-refractivity contribution in [1.82, 2.24) is 4.98 Å². The van der Waals surface area contributed by atoms with Gasteiger partial charge in [0.2, 0.25) is 5.91 Å². The molecule has 0 radical (unpaired) electrons. The van der Waals surface area contributed by atoms with Gasteiger partial charge < -0.3 is 15.0 Å². The monoisotopic (exact) mass is 389 g/mol. The third-order valence-electron chi connectivity index (χ3n) is 5.05. The van der Waals surface area contributed by atoms with Gasteiger partial charge in [-0.15, -0.1) is 0 Å². The molecule has 1 aromatic heterocycles. The zero-order valence-electron chi connectivity index (χ0n) is 16.8. The Kier molecular flexibility index (Phi) is 4.92. The summed E-state index contributed by atoms with van der Waals surface area (Å²) in [4.78, 5) is 30.4. The van der Waals surface area contributed by atoms with Crippen molar-refractivity contribution in [1.29, 1.82) is 0 Å². The van der Waals surface area contributed by atoms with Crippen LogP contribution in [0.15, 0.2) is 42.5 Å². The number of ether oxygens (including phenoxy) is 1. The number of benzene rings is 2. The molecule has 0 fully saturated rings. The molecule has 1 N–H and O–H groups in total. The normalized spacial score (nSPS) is 12.7. The molecule has 4 rings (SSSR count). The Hall–Kier alpha value is -3.41. The first-order valence-electron chi connectivity index (χ1n) is 9.62. The van der Waals surface area contributed by atoms with E-state index < -0.39 is 0 Å². The summed E-state index contributed by atoms with van der Waals surface area (Å²) in [7, 11) is 0. The highest BCUT2D eigenvalue weighted by molar-refractivity contribution is 5.96. The zero-order chi connectivity index (χ0) is 20.5. The number of rotatable bonds is 4. The molecule has 1 aliphatic heterocycles. The Bertz CT molecular complexity index is 1120. The minimum atomic E-state index is -0.235. The smallest absolute Gasteiger partial charge is 0.262 e. The molecule has 6 nitrogen and oxygen atoms in total. The third-order valence-corrected chi connectivity index (χ3v) is 5.05. The van der Waals surface area contributed by atoms with Crippen molar-refractivity contribution >= 4 is 34.1 Å². The number of anilines is 2. The first-order valence-corrected chi connectivity index (χ1v) is 9.62. The minimum Gasteiger partial charge on any atom is -0.483 e. The van der Waals surface area contributed by atoms with E-state index in [2.05, 4.69) is 10.3 Å². The van der Waals surface area contributed by atoms with Crippen molar-refractivity contribution < 1.29 is 14.3 Å². The van der Waals surface area contributed by atoms with Crippen LogP contribution in [0.4, 0.5) is 11.4 Å². The van der Waals surface area contributed by atoms with E-state index in [4.69, 9.17) is 4.74 Å². The highest BCUT2D eigenvalue weighted by atomic mass is 16.5. The van der Waals surface area contributed by atoms with Gasteiger partial charge in [-0.25, -0.2) is 0 Å². The number of hydrogen-bond donors (Lipinski definition) is 1. The van der Waals surface area contributed by atoms with E-state index in [1.54, 1.807) is 11.8 Å². The number of fused-ring (bicyclic) bond motifs is 2. The largest absolute Gasteiger partial charge is 0.483 e. The molecule has 3 aromatic rings. The van der Waals surface area contributed by atoms with Gasteiger partial charge in [-0.3, -0.25) is 14.6 Å². The van der Waals surface area contributed by atoms with Crippen molar-refractivity contribution in [2.45, 2.75) is 27.2 Å². The number of aryl methyl sites for hydroxylation is 2. The fourth-order valence-corrected chi connectivity index (χ4v) is 3.70. The molecule has 0 saturated heterocycles. The molecule has 2 aromatic carbocycles. The fourth-order valence-electron chi connectivity index (χ4n) is 3.70. The van der Waals surface area contributed by atoms with Gasteiger partial charge in [0.15, 0.2) is 6.61 Å². The maximum atomic E-state index is 12.4. The molecule has 0 aliphatic carbocycles. The molecule has 1 aliphatic rings. The van der Waals surface area contributed by atoms with Gasteiger partial charge in [0.25, 0.3) is 5.91 Å². The van der Waals surface area contributed by atoms with Crippen LogP contribution in [0.2, 0.25) is 0 Å². The summed E-state index contributed by atoms with van der Waals surface area (Å²) in [5.41, 5.74) is 5.47. The van der Waals surface area contributed by atoms with Crippen LogP contribution in [-0.4, -0.2) is 29.9 Å². The van der Waals surface area contributed by atoms with E-state index in [0.29, 0.717) is 18.0 Å². The predicted molar refractivity (Wildman–Crippen MR) is 114 cm³/mol. The maximum absolute atomic E-state index is 12.4. The summed E-state index contributed by atoms with van der Waals surface area (Å²) in [6, 6.07) is 13.4. The molecule has 2 amide bonds. The van der Waals surface area contributed by atoms with Gasteiger partial charge in [0, 0.05) is 42.0 Å². The lowest BCUT2D eigenvalue weighted by Gasteiger charge is -2.15. The standard InChI is InChI=1S/C23H23N3O3/c1-14-4-6-20-19(10-14)22(11-15(2)24-20)29-13-23(28)25-18-5-7-21-17(12-18)8-9-26(21)16(3)27/h4-7,10-12H,8-9,13H2,1-3H3,(H,25,28). The first kappa shape index (κ1) is 18.9. The Balaban J connectivity index is 1.46. The van der Waals surface area contributed by atoms with E-state index in [-0.39, 0.29) is 18.4 Å². The van der Waals surface area contributed by atoms with Crippen molar-refractivity contribution in [3.05, 3.63) is 59.3 Å². The molecular formula is C23H23N3O3. The summed E-state index contributed by atoms with van der Waals surface area (Å²) >= 11 is 0. The second kappa shape index (κ2) is 7.54. The van der Waals surface area contributed by atoms with Crippen LogP contribution < -0.4 is 15.0 Å². The molecule has 0 bridgehead atoms. The molecule has 0 atom stereocenters. The first-order chi connectivity index (χ1) is 13.9. The number of aromatic nitrogens is 1. The lowest BCUT2D eigenvalue weighted by atomic mass is 10.1. The number of amides is 2. The Labute approximate surface area is 169 Å². The number of carbonyl (C=O) groups is 2. The predicted octanol–water partition coefficient (Wildman–Crippen LogP) is 3.78. The van der Waals surface area contributed by atoms with Gasteiger partial charge in [-0.1, -0.05) is 11.6 Å². The molecule has 29 heavy (non-hydrogen) atoms. The summed E-state index contributed by atoms with van der Waals surface area (Å²) in [5.74, 6) is 0.447. The summed E-state index contributed by atoms with van der Waals surface area (Å²) in [5, 5.41) is 3.77. The SMILES string of the molecule is CC(=O)N1CCc2cc(NC(=O)COc3cc(C)nc4ccc(C)cc34)ccc21. The van der Waals surface area contributed by atoms with Crippen LogP contribution in [-0.2, 0) is 16.0 Å². The average Bonchev–Trinajstić information content (AvgIpc) is 3.10. The lowest BCUT2D eigenvalue weighted by molar-refractivity contribution is -0.118. The second-order valence-corrected chi connectivity index (χ2v) is 7.38. The third kappa shape index (κ3) is 3.92. The molecule has 0 spiro atoms. The quantitative estimate of drug-likeness (QED) is 0.737. The number of carbonyl (C=O) groups excluding carboxylic acids is 2. The van der Waals surface area contributed by atoms with E-state index in [1.807, 2.05) is 56.3 Å².